The van der Waals surface area contributed by atoms with E-state index in [9.17, 15) is 5.11 Å². The van der Waals surface area contributed by atoms with E-state index in [1.54, 1.807) is 25.6 Å². The molecule has 4 rings (SSSR count). The van der Waals surface area contributed by atoms with Crippen LogP contribution in [-0.4, -0.2) is 38.5 Å². The first-order valence-electron chi connectivity index (χ1n) is 8.42. The third-order valence-corrected chi connectivity index (χ3v) is 4.23. The maximum atomic E-state index is 10.6. The maximum absolute atomic E-state index is 10.6. The molecule has 0 atom stereocenters. The van der Waals surface area contributed by atoms with Gasteiger partial charge in [0, 0.05) is 24.0 Å². The number of hydrogen-bond acceptors (Lipinski definition) is 7. The van der Waals surface area contributed by atoms with Gasteiger partial charge in [-0.3, -0.25) is 4.57 Å². The van der Waals surface area contributed by atoms with Crippen LogP contribution in [0.4, 0.5) is 0 Å². The van der Waals surface area contributed by atoms with Crippen molar-refractivity contribution in [2.45, 2.75) is 13.8 Å². The lowest BCUT2D eigenvalue weighted by molar-refractivity contribution is 0.304. The normalized spacial score (nSPS) is 11.1. The molecule has 0 radical (unpaired) electrons. The molecule has 0 aromatic carbocycles. The van der Waals surface area contributed by atoms with Crippen LogP contribution in [0.5, 0.6) is 17.5 Å². The lowest BCUT2D eigenvalue weighted by Crippen LogP contribution is -1.98. The van der Waals surface area contributed by atoms with Crippen molar-refractivity contribution in [3.63, 3.8) is 0 Å². The number of ether oxygens (including phenoxy) is 2. The maximum Gasteiger partial charge on any atom is 0.256 e. The Bertz CT molecular complexity index is 1100. The van der Waals surface area contributed by atoms with Gasteiger partial charge in [0.05, 0.1) is 30.3 Å². The number of aromatic hydroxyl groups is 1. The van der Waals surface area contributed by atoms with Crippen LogP contribution < -0.4 is 9.47 Å². The standard InChI is InChI=1S/C19H18N4O4/c1-4-26-15-8-12(9-20-18(15)25-3)13-7-11(2)17-14(21-13)10-23(19(17)24)16-5-6-27-22-16/h5-10,24H,4H2,1-3H3. The highest BCUT2D eigenvalue weighted by molar-refractivity contribution is 5.90. The summed E-state index contributed by atoms with van der Waals surface area (Å²) in [5.74, 6) is 1.53. The summed E-state index contributed by atoms with van der Waals surface area (Å²) in [6.07, 6.45) is 4.85. The number of methoxy groups -OCH3 is 1. The van der Waals surface area contributed by atoms with Crippen LogP contribution in [0.3, 0.4) is 0 Å². The number of aryl methyl sites for hydroxylation is 1. The summed E-state index contributed by atoms with van der Waals surface area (Å²) in [4.78, 5) is 8.98. The monoisotopic (exact) mass is 366 g/mol. The molecule has 138 valence electrons. The molecule has 0 saturated heterocycles. The van der Waals surface area contributed by atoms with Gasteiger partial charge in [0.25, 0.3) is 5.88 Å². The van der Waals surface area contributed by atoms with Crippen molar-refractivity contribution in [3.8, 4) is 34.6 Å². The summed E-state index contributed by atoms with van der Waals surface area (Å²) in [6.45, 7) is 4.32. The smallest absolute Gasteiger partial charge is 0.256 e. The van der Waals surface area contributed by atoms with Crippen LogP contribution in [-0.2, 0) is 0 Å². The molecule has 0 bridgehead atoms. The minimum Gasteiger partial charge on any atom is -0.494 e. The van der Waals surface area contributed by atoms with Gasteiger partial charge in [0.15, 0.2) is 11.6 Å². The number of aromatic nitrogens is 4. The Hall–Kier alpha value is -3.55. The van der Waals surface area contributed by atoms with E-state index < -0.39 is 0 Å². The molecule has 4 heterocycles. The van der Waals surface area contributed by atoms with E-state index in [-0.39, 0.29) is 5.88 Å². The first kappa shape index (κ1) is 16.9. The summed E-state index contributed by atoms with van der Waals surface area (Å²) in [5.41, 5.74) is 3.02. The van der Waals surface area contributed by atoms with Gasteiger partial charge in [-0.2, -0.15) is 0 Å². The van der Waals surface area contributed by atoms with E-state index in [1.165, 1.54) is 10.8 Å². The molecule has 0 aliphatic carbocycles. The Balaban J connectivity index is 1.85. The Morgan fingerprint density at radius 1 is 1.30 bits per heavy atom. The third kappa shape index (κ3) is 2.84. The van der Waals surface area contributed by atoms with E-state index in [0.717, 1.165) is 11.1 Å². The molecule has 0 saturated carbocycles. The predicted molar refractivity (Wildman–Crippen MR) is 98.5 cm³/mol. The van der Waals surface area contributed by atoms with Crippen molar-refractivity contribution in [2.75, 3.05) is 13.7 Å². The summed E-state index contributed by atoms with van der Waals surface area (Å²) in [7, 11) is 1.55. The zero-order chi connectivity index (χ0) is 19.0. The van der Waals surface area contributed by atoms with Crippen molar-refractivity contribution < 1.29 is 19.1 Å². The molecule has 8 heteroatoms. The van der Waals surface area contributed by atoms with Crippen molar-refractivity contribution >= 4 is 10.9 Å². The first-order chi connectivity index (χ1) is 13.1. The quantitative estimate of drug-likeness (QED) is 0.577. The second kappa shape index (κ2) is 6.64. The van der Waals surface area contributed by atoms with Crippen molar-refractivity contribution in [3.05, 3.63) is 42.4 Å². The number of rotatable bonds is 5. The summed E-state index contributed by atoms with van der Waals surface area (Å²) in [5, 5.41) is 15.1. The van der Waals surface area contributed by atoms with Crippen LogP contribution >= 0.6 is 0 Å². The summed E-state index contributed by atoms with van der Waals surface area (Å²) < 4.78 is 17.2. The molecule has 0 amide bonds. The summed E-state index contributed by atoms with van der Waals surface area (Å²) in [6, 6.07) is 5.41. The number of pyridine rings is 2. The molecule has 0 aliphatic heterocycles. The molecule has 8 nitrogen and oxygen atoms in total. The molecule has 4 aromatic heterocycles. The van der Waals surface area contributed by atoms with Crippen LogP contribution in [0, 0.1) is 6.92 Å². The zero-order valence-electron chi connectivity index (χ0n) is 15.1. The lowest BCUT2D eigenvalue weighted by Gasteiger charge is -2.10. The van der Waals surface area contributed by atoms with E-state index in [0.29, 0.717) is 40.7 Å². The molecule has 0 unspecified atom stereocenters. The van der Waals surface area contributed by atoms with Crippen molar-refractivity contribution in [1.82, 2.24) is 19.7 Å². The van der Waals surface area contributed by atoms with Crippen LogP contribution in [0.25, 0.3) is 28.0 Å². The SMILES string of the molecule is CCOc1cc(-c2cc(C)c3c(O)n(-c4ccon4)cc3n2)cnc1OC. The second-order valence-electron chi connectivity index (χ2n) is 5.93. The van der Waals surface area contributed by atoms with Gasteiger partial charge in [0.1, 0.15) is 6.26 Å². The van der Waals surface area contributed by atoms with E-state index in [1.807, 2.05) is 26.0 Å². The highest BCUT2D eigenvalue weighted by Crippen LogP contribution is 2.35. The zero-order valence-corrected chi connectivity index (χ0v) is 15.1. The Kier molecular flexibility index (Phi) is 4.15. The topological polar surface area (TPSA) is 95.4 Å². The number of hydrogen-bond donors (Lipinski definition) is 1. The van der Waals surface area contributed by atoms with Crippen molar-refractivity contribution in [1.29, 1.82) is 0 Å². The number of nitrogens with zero attached hydrogens (tertiary/aromatic N) is 4. The Morgan fingerprint density at radius 3 is 2.85 bits per heavy atom. The van der Waals surface area contributed by atoms with Crippen LogP contribution in [0.2, 0.25) is 0 Å². The van der Waals surface area contributed by atoms with Gasteiger partial charge >= 0.3 is 0 Å². The fourth-order valence-corrected chi connectivity index (χ4v) is 3.02. The molecular weight excluding hydrogens is 348 g/mol. The van der Waals surface area contributed by atoms with Crippen LogP contribution in [0.15, 0.2) is 41.4 Å². The molecule has 27 heavy (non-hydrogen) atoms. The first-order valence-corrected chi connectivity index (χ1v) is 8.42. The van der Waals surface area contributed by atoms with Crippen molar-refractivity contribution in [2.24, 2.45) is 0 Å². The van der Waals surface area contributed by atoms with Gasteiger partial charge in [-0.05, 0) is 31.5 Å². The highest BCUT2D eigenvalue weighted by atomic mass is 16.5. The molecule has 0 fully saturated rings. The minimum atomic E-state index is 0.0679. The van der Waals surface area contributed by atoms with Crippen LogP contribution in [0.1, 0.15) is 12.5 Å². The fraction of sp³-hybridized carbons (Fsp3) is 0.211. The second-order valence-corrected chi connectivity index (χ2v) is 5.93. The molecule has 4 aromatic rings. The van der Waals surface area contributed by atoms with Gasteiger partial charge in [0.2, 0.25) is 5.88 Å². The average molecular weight is 366 g/mol. The van der Waals surface area contributed by atoms with Gasteiger partial charge in [-0.25, -0.2) is 9.97 Å². The summed E-state index contributed by atoms with van der Waals surface area (Å²) >= 11 is 0. The Morgan fingerprint density at radius 2 is 2.15 bits per heavy atom. The molecular formula is C19H18N4O4. The average Bonchev–Trinajstić information content (AvgIpc) is 3.30. The van der Waals surface area contributed by atoms with E-state index >= 15 is 0 Å². The lowest BCUT2D eigenvalue weighted by atomic mass is 10.1. The number of fused-ring (bicyclic) bond motifs is 1. The highest BCUT2D eigenvalue weighted by Gasteiger charge is 2.17. The van der Waals surface area contributed by atoms with Gasteiger partial charge in [-0.15, -0.1) is 0 Å². The largest absolute Gasteiger partial charge is 0.494 e. The van der Waals surface area contributed by atoms with E-state index in [2.05, 4.69) is 15.1 Å². The van der Waals surface area contributed by atoms with Gasteiger partial charge in [-0.1, -0.05) is 5.16 Å². The predicted octanol–water partition coefficient (Wildman–Crippen LogP) is 3.50. The molecule has 1 N–H and O–H groups in total. The van der Waals surface area contributed by atoms with Gasteiger partial charge < -0.3 is 19.1 Å². The Labute approximate surface area is 155 Å². The third-order valence-electron chi connectivity index (χ3n) is 4.23. The molecule has 0 aliphatic rings. The molecule has 0 spiro atoms. The van der Waals surface area contributed by atoms with E-state index in [4.69, 9.17) is 14.0 Å². The minimum absolute atomic E-state index is 0.0679. The fourth-order valence-electron chi connectivity index (χ4n) is 3.02.